The van der Waals surface area contributed by atoms with E-state index in [4.69, 9.17) is 11.1 Å². The lowest BCUT2D eigenvalue weighted by atomic mass is 9.88. The lowest BCUT2D eigenvalue weighted by Crippen LogP contribution is -2.15. The van der Waals surface area contributed by atoms with E-state index in [1.54, 1.807) is 6.07 Å². The Kier molecular flexibility index (Phi) is 4.70. The molecule has 2 aromatic carbocycles. The highest BCUT2D eigenvalue weighted by atomic mass is 16.3. The molecule has 1 aliphatic carbocycles. The molecule has 1 aliphatic rings. The zero-order valence-electron chi connectivity index (χ0n) is 14.3. The van der Waals surface area contributed by atoms with E-state index in [1.807, 2.05) is 12.1 Å². The number of benzene rings is 2. The highest BCUT2D eigenvalue weighted by Gasteiger charge is 2.25. The summed E-state index contributed by atoms with van der Waals surface area (Å²) in [6, 6.07) is 9.62. The molecule has 0 unspecified atom stereocenters. The highest BCUT2D eigenvalue weighted by molar-refractivity contribution is 6.26. The van der Waals surface area contributed by atoms with Gasteiger partial charge in [0, 0.05) is 11.3 Å². The topological polar surface area (TPSA) is 87.2 Å². The monoisotopic (exact) mass is 334 g/mol. The number of nitrogens with two attached hydrogens (primary N) is 1. The lowest BCUT2D eigenvalue weighted by Gasteiger charge is -2.18. The lowest BCUT2D eigenvalue weighted by molar-refractivity contribution is 0.104. The van der Waals surface area contributed by atoms with Crippen LogP contribution in [-0.2, 0) is 6.42 Å². The number of anilines is 1. The van der Waals surface area contributed by atoms with E-state index in [0.717, 1.165) is 12.0 Å². The molecule has 0 atom stereocenters. The fourth-order valence-electron chi connectivity index (χ4n) is 3.20. The van der Waals surface area contributed by atoms with Gasteiger partial charge in [0.05, 0.1) is 16.8 Å². The highest BCUT2D eigenvalue weighted by Crippen LogP contribution is 2.39. The number of carbonyl (C=O) groups excluding carboxylic acids is 1. The van der Waals surface area contributed by atoms with Gasteiger partial charge in [-0.05, 0) is 42.2 Å². The van der Waals surface area contributed by atoms with E-state index < -0.39 is 0 Å². The van der Waals surface area contributed by atoms with Gasteiger partial charge in [0.1, 0.15) is 5.75 Å². The first kappa shape index (κ1) is 17.0. The first-order valence-corrected chi connectivity index (χ1v) is 8.59. The average molecular weight is 334 g/mol. The first-order chi connectivity index (χ1) is 12.0. The zero-order chi connectivity index (χ0) is 18.0. The van der Waals surface area contributed by atoms with Crippen LogP contribution in [0.5, 0.6) is 5.75 Å². The SMILES string of the molecule is CCCCCc1ccc(-c2cc(N)c3c(c2O)C(=N)C=CC3=O)cc1. The van der Waals surface area contributed by atoms with Gasteiger partial charge in [0.15, 0.2) is 5.78 Å². The summed E-state index contributed by atoms with van der Waals surface area (Å²) in [6.45, 7) is 2.18. The minimum Gasteiger partial charge on any atom is -0.507 e. The largest absolute Gasteiger partial charge is 0.507 e. The number of hydrogen-bond acceptors (Lipinski definition) is 4. The zero-order valence-corrected chi connectivity index (χ0v) is 14.3. The molecule has 128 valence electrons. The molecule has 2 aromatic rings. The summed E-state index contributed by atoms with van der Waals surface area (Å²) in [5.41, 5.74) is 9.48. The molecule has 25 heavy (non-hydrogen) atoms. The Balaban J connectivity index is 1.99. The number of carbonyl (C=O) groups is 1. The quantitative estimate of drug-likeness (QED) is 0.427. The van der Waals surface area contributed by atoms with Crippen LogP contribution >= 0.6 is 0 Å². The summed E-state index contributed by atoms with van der Waals surface area (Å²) in [4.78, 5) is 12.0. The number of aromatic hydroxyl groups is 1. The molecular weight excluding hydrogens is 312 g/mol. The van der Waals surface area contributed by atoms with Crippen LogP contribution in [0, 0.1) is 5.41 Å². The Morgan fingerprint density at radius 2 is 1.80 bits per heavy atom. The minimum absolute atomic E-state index is 0.0642. The smallest absolute Gasteiger partial charge is 0.188 e. The number of phenols is 1. The number of rotatable bonds is 5. The summed E-state index contributed by atoms with van der Waals surface area (Å²) in [7, 11) is 0. The summed E-state index contributed by atoms with van der Waals surface area (Å²) < 4.78 is 0. The second kappa shape index (κ2) is 6.93. The third kappa shape index (κ3) is 3.20. The van der Waals surface area contributed by atoms with Crippen molar-refractivity contribution in [3.63, 3.8) is 0 Å². The van der Waals surface area contributed by atoms with Crippen molar-refractivity contribution in [2.45, 2.75) is 32.6 Å². The predicted octanol–water partition coefficient (Wildman–Crippen LogP) is 4.49. The second-order valence-electron chi connectivity index (χ2n) is 6.38. The maximum atomic E-state index is 12.0. The molecule has 0 aliphatic heterocycles. The molecule has 4 N–H and O–H groups in total. The summed E-state index contributed by atoms with van der Waals surface area (Å²) in [5, 5.41) is 18.7. The average Bonchev–Trinajstić information content (AvgIpc) is 2.61. The number of nitrogen functional groups attached to an aromatic ring is 1. The molecule has 3 rings (SSSR count). The fraction of sp³-hybridized carbons (Fsp3) is 0.238. The molecule has 4 nitrogen and oxygen atoms in total. The van der Waals surface area contributed by atoms with Crippen molar-refractivity contribution in [2.24, 2.45) is 0 Å². The Labute approximate surface area is 147 Å². The Bertz CT molecular complexity index is 864. The van der Waals surface area contributed by atoms with Crippen molar-refractivity contribution in [3.8, 4) is 16.9 Å². The predicted molar refractivity (Wildman–Crippen MR) is 101 cm³/mol. The maximum absolute atomic E-state index is 12.0. The standard InChI is InChI=1S/C21H22N2O2/c1-2-3-4-5-13-6-8-14(9-7-13)15-12-17(23)19-18(24)11-10-16(22)20(19)21(15)25/h6-12,22,25H,2-5,23H2,1H3. The minimum atomic E-state index is -0.281. The van der Waals surface area contributed by atoms with Crippen LogP contribution in [0.2, 0.25) is 0 Å². The number of unbranched alkanes of at least 4 members (excludes halogenated alkanes) is 2. The molecule has 4 heteroatoms. The molecule has 0 saturated heterocycles. The number of ketones is 1. The summed E-state index contributed by atoms with van der Waals surface area (Å²) >= 11 is 0. The van der Waals surface area contributed by atoms with Gasteiger partial charge in [-0.3, -0.25) is 4.79 Å². The van der Waals surface area contributed by atoms with E-state index in [1.165, 1.54) is 37.0 Å². The second-order valence-corrected chi connectivity index (χ2v) is 6.38. The van der Waals surface area contributed by atoms with Gasteiger partial charge in [-0.15, -0.1) is 0 Å². The number of allylic oxidation sites excluding steroid dienone is 2. The van der Waals surface area contributed by atoms with Gasteiger partial charge in [-0.25, -0.2) is 0 Å². The molecule has 0 aromatic heterocycles. The third-order valence-corrected chi connectivity index (χ3v) is 4.58. The van der Waals surface area contributed by atoms with Crippen molar-refractivity contribution in [3.05, 3.63) is 59.2 Å². The van der Waals surface area contributed by atoms with E-state index in [-0.39, 0.29) is 34.1 Å². The maximum Gasteiger partial charge on any atom is 0.188 e. The van der Waals surface area contributed by atoms with E-state index in [2.05, 4.69) is 19.1 Å². The number of nitrogens with one attached hydrogen (secondary N) is 1. The molecule has 0 spiro atoms. The van der Waals surface area contributed by atoms with Crippen molar-refractivity contribution < 1.29 is 9.90 Å². The number of phenolic OH excluding ortho intramolecular Hbond substituents is 1. The molecule has 0 saturated carbocycles. The van der Waals surface area contributed by atoms with Crippen LogP contribution < -0.4 is 5.73 Å². The van der Waals surface area contributed by atoms with Crippen LogP contribution in [0.4, 0.5) is 5.69 Å². The Morgan fingerprint density at radius 3 is 2.48 bits per heavy atom. The van der Waals surface area contributed by atoms with E-state index >= 15 is 0 Å². The normalized spacial score (nSPS) is 13.2. The fourth-order valence-corrected chi connectivity index (χ4v) is 3.20. The molecule has 0 amide bonds. The molecule has 0 heterocycles. The van der Waals surface area contributed by atoms with E-state index in [0.29, 0.717) is 5.56 Å². The Morgan fingerprint density at radius 1 is 1.08 bits per heavy atom. The van der Waals surface area contributed by atoms with Crippen molar-refractivity contribution in [2.75, 3.05) is 5.73 Å². The number of fused-ring (bicyclic) bond motifs is 1. The van der Waals surface area contributed by atoms with Crippen molar-refractivity contribution in [1.29, 1.82) is 5.41 Å². The van der Waals surface area contributed by atoms with Crippen LogP contribution in [0.1, 0.15) is 47.7 Å². The van der Waals surface area contributed by atoms with Gasteiger partial charge >= 0.3 is 0 Å². The number of aryl methyl sites for hydroxylation is 1. The van der Waals surface area contributed by atoms with E-state index in [9.17, 15) is 9.90 Å². The van der Waals surface area contributed by atoms with Crippen LogP contribution in [0.3, 0.4) is 0 Å². The van der Waals surface area contributed by atoms with Crippen LogP contribution in [-0.4, -0.2) is 16.6 Å². The summed E-state index contributed by atoms with van der Waals surface area (Å²) in [5.74, 6) is -0.345. The number of hydrogen-bond donors (Lipinski definition) is 3. The van der Waals surface area contributed by atoms with Gasteiger partial charge in [0.2, 0.25) is 0 Å². The van der Waals surface area contributed by atoms with Gasteiger partial charge < -0.3 is 16.2 Å². The molecular formula is C21H22N2O2. The Hall–Kier alpha value is -2.88. The first-order valence-electron chi connectivity index (χ1n) is 8.59. The molecule has 0 fully saturated rings. The van der Waals surface area contributed by atoms with Crippen molar-refractivity contribution in [1.82, 2.24) is 0 Å². The van der Waals surface area contributed by atoms with Gasteiger partial charge in [0.25, 0.3) is 0 Å². The van der Waals surface area contributed by atoms with Gasteiger partial charge in [-0.2, -0.15) is 0 Å². The van der Waals surface area contributed by atoms with Gasteiger partial charge in [-0.1, -0.05) is 44.0 Å². The third-order valence-electron chi connectivity index (χ3n) is 4.58. The summed E-state index contributed by atoms with van der Waals surface area (Å²) in [6.07, 6.45) is 7.32. The van der Waals surface area contributed by atoms with Crippen molar-refractivity contribution >= 4 is 17.2 Å². The molecule has 0 radical (unpaired) electrons. The van der Waals surface area contributed by atoms with Crippen LogP contribution in [0.15, 0.2) is 42.5 Å². The molecule has 0 bridgehead atoms. The van der Waals surface area contributed by atoms with Crippen LogP contribution in [0.25, 0.3) is 11.1 Å².